The predicted molar refractivity (Wildman–Crippen MR) is 74.5 cm³/mol. The molecule has 2 atom stereocenters. The average Bonchev–Trinajstić information content (AvgIpc) is 2.59. The molecule has 0 aliphatic carbocycles. The quantitative estimate of drug-likeness (QED) is 0.839. The van der Waals surface area contributed by atoms with Gasteiger partial charge in [-0.3, -0.25) is 4.90 Å². The van der Waals surface area contributed by atoms with E-state index in [-0.39, 0.29) is 0 Å². The Balaban J connectivity index is 1.70. The van der Waals surface area contributed by atoms with Crippen LogP contribution in [0.2, 0.25) is 0 Å². The summed E-state index contributed by atoms with van der Waals surface area (Å²) in [4.78, 5) is 5.17. The number of nitrogens with zero attached hydrogens (tertiary/aromatic N) is 2. The fraction of sp³-hybridized carbons (Fsp3) is 0.600. The number of nitrogens with one attached hydrogen (secondary N) is 1. The Labute approximate surface area is 110 Å². The lowest BCUT2D eigenvalue weighted by atomic mass is 10.1. The Morgan fingerprint density at radius 1 is 1.11 bits per heavy atom. The second kappa shape index (κ2) is 5.39. The maximum Gasteiger partial charge on any atom is 0.0345 e. The summed E-state index contributed by atoms with van der Waals surface area (Å²) in [6.07, 6.45) is 0. The molecule has 0 radical (unpaired) electrons. The summed E-state index contributed by atoms with van der Waals surface area (Å²) in [7, 11) is 2.27. The molecule has 3 nitrogen and oxygen atoms in total. The van der Waals surface area contributed by atoms with Gasteiger partial charge in [-0.05, 0) is 18.5 Å². The van der Waals surface area contributed by atoms with Gasteiger partial charge in [-0.15, -0.1) is 0 Å². The van der Waals surface area contributed by atoms with E-state index in [0.29, 0.717) is 6.04 Å². The van der Waals surface area contributed by atoms with Crippen molar-refractivity contribution in [3.8, 4) is 0 Å². The Morgan fingerprint density at radius 3 is 2.78 bits per heavy atom. The first-order valence-electron chi connectivity index (χ1n) is 6.98. The maximum absolute atomic E-state index is 3.60. The molecular formula is C15H23N3. The fourth-order valence-corrected chi connectivity index (χ4v) is 3.27. The van der Waals surface area contributed by atoms with Crippen molar-refractivity contribution < 1.29 is 0 Å². The average molecular weight is 245 g/mol. The Kier molecular flexibility index (Phi) is 3.64. The van der Waals surface area contributed by atoms with E-state index in [0.717, 1.165) is 19.0 Å². The number of hydrogen-bond donors (Lipinski definition) is 1. The fourth-order valence-electron chi connectivity index (χ4n) is 3.27. The number of likely N-dealkylation sites (N-methyl/N-ethyl adjacent to an activating group) is 1. The van der Waals surface area contributed by atoms with E-state index in [1.165, 1.54) is 31.7 Å². The molecule has 2 saturated heterocycles. The predicted octanol–water partition coefficient (Wildman–Crippen LogP) is 1.02. The monoisotopic (exact) mass is 245 g/mol. The smallest absolute Gasteiger partial charge is 0.0345 e. The largest absolute Gasteiger partial charge is 0.315 e. The van der Waals surface area contributed by atoms with E-state index < -0.39 is 0 Å². The number of benzene rings is 1. The van der Waals surface area contributed by atoms with Gasteiger partial charge < -0.3 is 10.2 Å². The van der Waals surface area contributed by atoms with Gasteiger partial charge in [0.1, 0.15) is 0 Å². The van der Waals surface area contributed by atoms with Crippen molar-refractivity contribution in [1.29, 1.82) is 0 Å². The highest BCUT2D eigenvalue weighted by atomic mass is 15.3. The molecular weight excluding hydrogens is 222 g/mol. The van der Waals surface area contributed by atoms with Crippen LogP contribution in [0, 0.1) is 5.92 Å². The van der Waals surface area contributed by atoms with Crippen molar-refractivity contribution in [3.05, 3.63) is 35.9 Å². The van der Waals surface area contributed by atoms with Gasteiger partial charge in [0.05, 0.1) is 0 Å². The van der Waals surface area contributed by atoms with Crippen molar-refractivity contribution >= 4 is 0 Å². The minimum atomic E-state index is 0.668. The summed E-state index contributed by atoms with van der Waals surface area (Å²) in [6, 6.07) is 11.5. The highest BCUT2D eigenvalue weighted by molar-refractivity contribution is 5.14. The normalized spacial score (nSPS) is 30.1. The summed E-state index contributed by atoms with van der Waals surface area (Å²) in [5, 5.41) is 3.60. The number of hydrogen-bond acceptors (Lipinski definition) is 3. The minimum absolute atomic E-state index is 0.668. The first kappa shape index (κ1) is 12.2. The molecule has 0 saturated carbocycles. The second-order valence-electron chi connectivity index (χ2n) is 5.80. The van der Waals surface area contributed by atoms with Crippen LogP contribution in [-0.4, -0.2) is 55.6 Å². The van der Waals surface area contributed by atoms with Crippen molar-refractivity contribution in [2.75, 3.05) is 39.8 Å². The van der Waals surface area contributed by atoms with Crippen LogP contribution < -0.4 is 5.32 Å². The van der Waals surface area contributed by atoms with Crippen molar-refractivity contribution in [3.63, 3.8) is 0 Å². The number of fused-ring (bicyclic) bond motifs is 3. The first-order valence-corrected chi connectivity index (χ1v) is 6.98. The van der Waals surface area contributed by atoms with E-state index in [1.54, 1.807) is 0 Å². The van der Waals surface area contributed by atoms with E-state index in [1.807, 2.05) is 0 Å². The van der Waals surface area contributed by atoms with E-state index in [4.69, 9.17) is 0 Å². The summed E-state index contributed by atoms with van der Waals surface area (Å²) in [5.74, 6) is 0.770. The van der Waals surface area contributed by atoms with Crippen molar-refractivity contribution in [2.45, 2.75) is 12.6 Å². The molecule has 18 heavy (non-hydrogen) atoms. The van der Waals surface area contributed by atoms with Gasteiger partial charge in [0.25, 0.3) is 0 Å². The molecule has 0 aromatic heterocycles. The van der Waals surface area contributed by atoms with Crippen LogP contribution in [-0.2, 0) is 6.54 Å². The van der Waals surface area contributed by atoms with Gasteiger partial charge in [-0.25, -0.2) is 0 Å². The van der Waals surface area contributed by atoms with Crippen LogP contribution in [0.15, 0.2) is 30.3 Å². The minimum Gasteiger partial charge on any atom is -0.315 e. The van der Waals surface area contributed by atoms with Gasteiger partial charge in [-0.1, -0.05) is 30.3 Å². The van der Waals surface area contributed by atoms with Crippen LogP contribution in [0.3, 0.4) is 0 Å². The molecule has 2 fully saturated rings. The molecule has 1 aromatic rings. The third-order valence-electron chi connectivity index (χ3n) is 4.22. The van der Waals surface area contributed by atoms with Gasteiger partial charge in [0.15, 0.2) is 0 Å². The first-order chi connectivity index (χ1) is 8.81. The Morgan fingerprint density at radius 2 is 1.94 bits per heavy atom. The van der Waals surface area contributed by atoms with Crippen LogP contribution in [0.4, 0.5) is 0 Å². The third kappa shape index (κ3) is 2.74. The molecule has 2 bridgehead atoms. The Hall–Kier alpha value is -0.900. The summed E-state index contributed by atoms with van der Waals surface area (Å²) < 4.78 is 0. The highest BCUT2D eigenvalue weighted by Crippen LogP contribution is 2.17. The number of rotatable bonds is 2. The maximum atomic E-state index is 3.60. The van der Waals surface area contributed by atoms with Gasteiger partial charge in [0.2, 0.25) is 0 Å². The van der Waals surface area contributed by atoms with Crippen molar-refractivity contribution in [1.82, 2.24) is 15.1 Å². The molecule has 0 spiro atoms. The zero-order chi connectivity index (χ0) is 12.4. The lowest BCUT2D eigenvalue weighted by Crippen LogP contribution is -2.45. The van der Waals surface area contributed by atoms with Crippen LogP contribution in [0.1, 0.15) is 5.56 Å². The molecule has 3 rings (SSSR count). The zero-order valence-corrected chi connectivity index (χ0v) is 11.2. The lowest BCUT2D eigenvalue weighted by molar-refractivity contribution is 0.194. The second-order valence-corrected chi connectivity index (χ2v) is 5.80. The summed E-state index contributed by atoms with van der Waals surface area (Å²) >= 11 is 0. The summed E-state index contributed by atoms with van der Waals surface area (Å²) in [5.41, 5.74) is 1.44. The van der Waals surface area contributed by atoms with Gasteiger partial charge in [-0.2, -0.15) is 0 Å². The van der Waals surface area contributed by atoms with Gasteiger partial charge >= 0.3 is 0 Å². The molecule has 98 valence electrons. The highest BCUT2D eigenvalue weighted by Gasteiger charge is 2.30. The van der Waals surface area contributed by atoms with E-state index >= 15 is 0 Å². The third-order valence-corrected chi connectivity index (χ3v) is 4.22. The van der Waals surface area contributed by atoms with Crippen LogP contribution in [0.5, 0.6) is 0 Å². The SMILES string of the molecule is CN1CC2CNCC1CN(Cc1ccccc1)C2. The lowest BCUT2D eigenvalue weighted by Gasteiger charge is -2.30. The molecule has 2 unspecified atom stereocenters. The topological polar surface area (TPSA) is 18.5 Å². The molecule has 0 amide bonds. The molecule has 1 aromatic carbocycles. The Bertz CT molecular complexity index is 379. The molecule has 1 N–H and O–H groups in total. The van der Waals surface area contributed by atoms with Crippen LogP contribution in [0.25, 0.3) is 0 Å². The summed E-state index contributed by atoms with van der Waals surface area (Å²) in [6.45, 7) is 7.06. The molecule has 2 aliphatic heterocycles. The van der Waals surface area contributed by atoms with Crippen LogP contribution >= 0.6 is 0 Å². The van der Waals surface area contributed by atoms with E-state index in [9.17, 15) is 0 Å². The van der Waals surface area contributed by atoms with Gasteiger partial charge in [0, 0.05) is 45.3 Å². The molecule has 3 heteroatoms. The zero-order valence-electron chi connectivity index (χ0n) is 11.2. The standard InChI is InChI=1S/C15H23N3/c1-17-9-14-7-16-8-15(17)12-18(11-14)10-13-5-3-2-4-6-13/h2-6,14-16H,7-12H2,1H3. The molecule has 2 heterocycles. The van der Waals surface area contributed by atoms with Crippen molar-refractivity contribution in [2.24, 2.45) is 5.92 Å². The van der Waals surface area contributed by atoms with E-state index in [2.05, 4.69) is 52.5 Å². The molecule has 2 aliphatic rings.